The van der Waals surface area contributed by atoms with Crippen LogP contribution in [0, 0.1) is 13.8 Å². The third-order valence-corrected chi connectivity index (χ3v) is 4.16. The van der Waals surface area contributed by atoms with Gasteiger partial charge in [0.25, 0.3) is 5.91 Å². The lowest BCUT2D eigenvalue weighted by molar-refractivity contribution is 0.102. The number of aryl methyl sites for hydroxylation is 2. The summed E-state index contributed by atoms with van der Waals surface area (Å²) >= 11 is 5.95. The Balaban J connectivity index is 1.96. The number of rotatable bonds is 3. The molecule has 0 aliphatic heterocycles. The van der Waals surface area contributed by atoms with E-state index in [2.05, 4.69) is 10.3 Å². The lowest BCUT2D eigenvalue weighted by atomic mass is 10.1. The number of benzene rings is 2. The molecule has 1 heterocycles. The van der Waals surface area contributed by atoms with Crippen molar-refractivity contribution in [1.29, 1.82) is 0 Å². The van der Waals surface area contributed by atoms with Crippen LogP contribution in [0.2, 0.25) is 5.02 Å². The van der Waals surface area contributed by atoms with Crippen LogP contribution in [0.4, 0.5) is 5.69 Å². The van der Waals surface area contributed by atoms with Crippen LogP contribution in [0.3, 0.4) is 0 Å². The smallest absolute Gasteiger partial charge is 0.272 e. The van der Waals surface area contributed by atoms with Gasteiger partial charge in [0.1, 0.15) is 11.4 Å². The number of H-pyrrole nitrogens is 1. The van der Waals surface area contributed by atoms with E-state index in [4.69, 9.17) is 16.3 Å². The number of carbonyl (C=O) groups excluding carboxylic acids is 1. The number of carbonyl (C=O) groups is 1. The number of hydrogen-bond donors (Lipinski definition) is 2. The van der Waals surface area contributed by atoms with Gasteiger partial charge in [0.15, 0.2) is 0 Å². The Labute approximate surface area is 139 Å². The van der Waals surface area contributed by atoms with Crippen LogP contribution >= 0.6 is 11.6 Å². The van der Waals surface area contributed by atoms with Crippen molar-refractivity contribution in [3.05, 3.63) is 58.2 Å². The van der Waals surface area contributed by atoms with Gasteiger partial charge in [0.05, 0.1) is 7.11 Å². The molecule has 3 aromatic rings. The van der Waals surface area contributed by atoms with E-state index >= 15 is 0 Å². The van der Waals surface area contributed by atoms with Crippen LogP contribution in [-0.2, 0) is 0 Å². The summed E-state index contributed by atoms with van der Waals surface area (Å²) in [4.78, 5) is 15.8. The van der Waals surface area contributed by atoms with Crippen LogP contribution < -0.4 is 10.1 Å². The molecule has 2 N–H and O–H groups in total. The summed E-state index contributed by atoms with van der Waals surface area (Å²) in [6, 6.07) is 11.1. The number of aromatic amines is 1. The molecule has 3 rings (SSSR count). The van der Waals surface area contributed by atoms with Crippen LogP contribution in [-0.4, -0.2) is 18.0 Å². The number of aromatic nitrogens is 1. The molecule has 23 heavy (non-hydrogen) atoms. The van der Waals surface area contributed by atoms with Gasteiger partial charge >= 0.3 is 0 Å². The number of halogens is 1. The van der Waals surface area contributed by atoms with Gasteiger partial charge in [-0.1, -0.05) is 11.6 Å². The van der Waals surface area contributed by atoms with E-state index in [9.17, 15) is 4.79 Å². The summed E-state index contributed by atoms with van der Waals surface area (Å²) < 4.78 is 5.24. The first kappa shape index (κ1) is 15.4. The highest BCUT2D eigenvalue weighted by Gasteiger charge is 2.16. The number of fused-ring (bicyclic) bond motifs is 1. The molecule has 0 fully saturated rings. The Kier molecular flexibility index (Phi) is 4.01. The first-order chi connectivity index (χ1) is 11.0. The van der Waals surface area contributed by atoms with E-state index in [0.717, 1.165) is 33.5 Å². The molecule has 4 nitrogen and oxygen atoms in total. The van der Waals surface area contributed by atoms with E-state index < -0.39 is 0 Å². The quantitative estimate of drug-likeness (QED) is 0.732. The molecule has 0 saturated heterocycles. The summed E-state index contributed by atoms with van der Waals surface area (Å²) in [6.45, 7) is 3.83. The summed E-state index contributed by atoms with van der Waals surface area (Å²) in [5, 5.41) is 4.55. The van der Waals surface area contributed by atoms with Gasteiger partial charge in [0, 0.05) is 21.6 Å². The van der Waals surface area contributed by atoms with E-state index in [1.54, 1.807) is 19.2 Å². The monoisotopic (exact) mass is 328 g/mol. The Hall–Kier alpha value is -2.46. The SMILES string of the molecule is COc1ccc2[nH]c(C(=O)Nc3ccc(Cl)cc3C)c(C)c2c1. The molecular weight excluding hydrogens is 312 g/mol. The fourth-order valence-corrected chi connectivity index (χ4v) is 2.84. The number of hydrogen-bond acceptors (Lipinski definition) is 2. The molecule has 1 aromatic heterocycles. The van der Waals surface area contributed by atoms with E-state index in [1.165, 1.54) is 0 Å². The highest BCUT2D eigenvalue weighted by Crippen LogP contribution is 2.27. The van der Waals surface area contributed by atoms with Crippen molar-refractivity contribution < 1.29 is 9.53 Å². The molecule has 1 amide bonds. The minimum atomic E-state index is -0.178. The molecule has 0 unspecified atom stereocenters. The van der Waals surface area contributed by atoms with Gasteiger partial charge in [-0.2, -0.15) is 0 Å². The molecule has 0 spiro atoms. The van der Waals surface area contributed by atoms with Gasteiger partial charge in [-0.15, -0.1) is 0 Å². The fraction of sp³-hybridized carbons (Fsp3) is 0.167. The van der Waals surface area contributed by atoms with Crippen molar-refractivity contribution in [2.75, 3.05) is 12.4 Å². The van der Waals surface area contributed by atoms with Crippen LogP contribution in [0.5, 0.6) is 5.75 Å². The van der Waals surface area contributed by atoms with Crippen LogP contribution in [0.1, 0.15) is 21.6 Å². The third-order valence-electron chi connectivity index (χ3n) is 3.93. The highest BCUT2D eigenvalue weighted by molar-refractivity contribution is 6.30. The minimum Gasteiger partial charge on any atom is -0.497 e. The number of anilines is 1. The van der Waals surface area contributed by atoms with Gasteiger partial charge in [-0.25, -0.2) is 0 Å². The van der Waals surface area contributed by atoms with Gasteiger partial charge in [0.2, 0.25) is 0 Å². The summed E-state index contributed by atoms with van der Waals surface area (Å²) in [5.41, 5.74) is 4.00. The van der Waals surface area contributed by atoms with E-state index in [-0.39, 0.29) is 5.91 Å². The average molecular weight is 329 g/mol. The van der Waals surface area contributed by atoms with Gasteiger partial charge in [-0.05, 0) is 61.4 Å². The van der Waals surface area contributed by atoms with Crippen molar-refractivity contribution in [2.45, 2.75) is 13.8 Å². The Morgan fingerprint density at radius 2 is 1.96 bits per heavy atom. The molecular formula is C18H17ClN2O2. The Morgan fingerprint density at radius 3 is 2.65 bits per heavy atom. The summed E-state index contributed by atoms with van der Waals surface area (Å²) in [7, 11) is 1.63. The van der Waals surface area contributed by atoms with Crippen LogP contribution in [0.25, 0.3) is 10.9 Å². The second kappa shape index (κ2) is 5.97. The third kappa shape index (κ3) is 2.90. The van der Waals surface area contributed by atoms with E-state index in [1.807, 2.05) is 38.1 Å². The second-order valence-corrected chi connectivity index (χ2v) is 5.89. The zero-order valence-electron chi connectivity index (χ0n) is 13.2. The standard InChI is InChI=1S/C18H17ClN2O2/c1-10-8-12(19)4-6-15(10)21-18(22)17-11(2)14-9-13(23-3)5-7-16(14)20-17/h4-9,20H,1-3H3,(H,21,22). The first-order valence-corrected chi connectivity index (χ1v) is 7.61. The molecule has 0 saturated carbocycles. The topological polar surface area (TPSA) is 54.1 Å². The zero-order valence-corrected chi connectivity index (χ0v) is 13.9. The summed E-state index contributed by atoms with van der Waals surface area (Å²) in [6.07, 6.45) is 0. The molecule has 0 atom stereocenters. The zero-order chi connectivity index (χ0) is 16.6. The van der Waals surface area contributed by atoms with E-state index in [0.29, 0.717) is 10.7 Å². The maximum atomic E-state index is 12.6. The molecule has 0 aliphatic carbocycles. The molecule has 0 bridgehead atoms. The van der Waals surface area contributed by atoms with Crippen molar-refractivity contribution in [2.24, 2.45) is 0 Å². The maximum absolute atomic E-state index is 12.6. The lowest BCUT2D eigenvalue weighted by Crippen LogP contribution is -2.14. The Morgan fingerprint density at radius 1 is 1.17 bits per heavy atom. The Bertz CT molecular complexity index is 899. The molecule has 2 aromatic carbocycles. The molecule has 118 valence electrons. The predicted octanol–water partition coefficient (Wildman–Crippen LogP) is 4.70. The van der Waals surface area contributed by atoms with Crippen molar-refractivity contribution in [1.82, 2.24) is 4.98 Å². The molecule has 0 aliphatic rings. The number of amides is 1. The normalized spacial score (nSPS) is 10.8. The fourth-order valence-electron chi connectivity index (χ4n) is 2.61. The average Bonchev–Trinajstić information content (AvgIpc) is 2.86. The lowest BCUT2D eigenvalue weighted by Gasteiger charge is -2.08. The van der Waals surface area contributed by atoms with Crippen molar-refractivity contribution in [3.8, 4) is 5.75 Å². The number of ether oxygens (including phenoxy) is 1. The largest absolute Gasteiger partial charge is 0.497 e. The van der Waals surface area contributed by atoms with Crippen LogP contribution in [0.15, 0.2) is 36.4 Å². The van der Waals surface area contributed by atoms with Gasteiger partial charge < -0.3 is 15.0 Å². The molecule has 0 radical (unpaired) electrons. The van der Waals surface area contributed by atoms with Crippen molar-refractivity contribution in [3.63, 3.8) is 0 Å². The second-order valence-electron chi connectivity index (χ2n) is 5.45. The predicted molar refractivity (Wildman–Crippen MR) is 93.7 cm³/mol. The number of nitrogens with one attached hydrogen (secondary N) is 2. The first-order valence-electron chi connectivity index (χ1n) is 7.23. The van der Waals surface area contributed by atoms with Gasteiger partial charge in [-0.3, -0.25) is 4.79 Å². The number of methoxy groups -OCH3 is 1. The summed E-state index contributed by atoms with van der Waals surface area (Å²) in [5.74, 6) is 0.586. The highest BCUT2D eigenvalue weighted by atomic mass is 35.5. The maximum Gasteiger partial charge on any atom is 0.272 e. The minimum absolute atomic E-state index is 0.178. The molecule has 5 heteroatoms. The van der Waals surface area contributed by atoms with Crippen molar-refractivity contribution >= 4 is 34.1 Å².